The largest absolute Gasteiger partial charge is 0.338 e. The number of para-hydroxylation sites is 1. The van der Waals surface area contributed by atoms with E-state index in [4.69, 9.17) is 0 Å². The van der Waals surface area contributed by atoms with Crippen LogP contribution < -0.4 is 15.5 Å². The summed E-state index contributed by atoms with van der Waals surface area (Å²) in [6, 6.07) is 9.46. The third-order valence-corrected chi connectivity index (χ3v) is 4.54. The highest BCUT2D eigenvalue weighted by Gasteiger charge is 2.18. The van der Waals surface area contributed by atoms with Crippen molar-refractivity contribution in [3.63, 3.8) is 0 Å². The molecule has 0 atom stereocenters. The molecule has 0 radical (unpaired) electrons. The lowest BCUT2D eigenvalue weighted by Crippen LogP contribution is -2.47. The quantitative estimate of drug-likeness (QED) is 0.778. The van der Waals surface area contributed by atoms with E-state index in [2.05, 4.69) is 30.4 Å². The summed E-state index contributed by atoms with van der Waals surface area (Å²) >= 11 is 0. The van der Waals surface area contributed by atoms with Gasteiger partial charge in [-0.1, -0.05) is 18.2 Å². The predicted molar refractivity (Wildman–Crippen MR) is 104 cm³/mol. The molecule has 138 valence electrons. The molecule has 3 rings (SSSR count). The topological polar surface area (TPSA) is 73.4 Å². The number of rotatable bonds is 6. The van der Waals surface area contributed by atoms with E-state index in [-0.39, 0.29) is 6.03 Å². The summed E-state index contributed by atoms with van der Waals surface area (Å²) in [5.41, 5.74) is 1.91. The molecule has 7 nitrogen and oxygen atoms in total. The van der Waals surface area contributed by atoms with Crippen LogP contribution in [0.2, 0.25) is 0 Å². The van der Waals surface area contributed by atoms with Crippen molar-refractivity contribution in [2.75, 3.05) is 49.5 Å². The number of amides is 2. The van der Waals surface area contributed by atoms with Gasteiger partial charge in [0.05, 0.1) is 0 Å². The smallest absolute Gasteiger partial charge is 0.319 e. The third kappa shape index (κ3) is 5.16. The van der Waals surface area contributed by atoms with Crippen molar-refractivity contribution in [1.82, 2.24) is 20.2 Å². The standard InChI is InChI=1S/C19H26N6O/c1-16-6-2-3-7-17(16)23-19(26)22-10-5-11-24-12-14-25(15-13-24)18-20-8-4-9-21-18/h2-4,6-9H,5,10-15H2,1H3,(H2,22,23,26). The number of piperazine rings is 1. The fourth-order valence-electron chi connectivity index (χ4n) is 3.01. The second-order valence-corrected chi connectivity index (χ2v) is 6.43. The van der Waals surface area contributed by atoms with Gasteiger partial charge in [-0.3, -0.25) is 4.90 Å². The second kappa shape index (κ2) is 9.15. The van der Waals surface area contributed by atoms with Crippen LogP contribution in [-0.2, 0) is 0 Å². The van der Waals surface area contributed by atoms with Gasteiger partial charge in [-0.25, -0.2) is 14.8 Å². The molecule has 1 aromatic heterocycles. The number of anilines is 2. The zero-order valence-electron chi connectivity index (χ0n) is 15.2. The van der Waals surface area contributed by atoms with E-state index in [9.17, 15) is 4.79 Å². The Morgan fingerprint density at radius 1 is 1.08 bits per heavy atom. The highest BCUT2D eigenvalue weighted by molar-refractivity contribution is 5.89. The van der Waals surface area contributed by atoms with Crippen molar-refractivity contribution in [3.05, 3.63) is 48.3 Å². The van der Waals surface area contributed by atoms with Gasteiger partial charge in [0.1, 0.15) is 0 Å². The van der Waals surface area contributed by atoms with Gasteiger partial charge >= 0.3 is 6.03 Å². The third-order valence-electron chi connectivity index (χ3n) is 4.54. The average molecular weight is 354 g/mol. The minimum atomic E-state index is -0.148. The van der Waals surface area contributed by atoms with Crippen molar-refractivity contribution in [2.24, 2.45) is 0 Å². The minimum Gasteiger partial charge on any atom is -0.338 e. The van der Waals surface area contributed by atoms with E-state index >= 15 is 0 Å². The Morgan fingerprint density at radius 3 is 2.54 bits per heavy atom. The summed E-state index contributed by atoms with van der Waals surface area (Å²) in [6.07, 6.45) is 4.49. The Balaban J connectivity index is 1.31. The predicted octanol–water partition coefficient (Wildman–Crippen LogP) is 2.12. The van der Waals surface area contributed by atoms with Crippen LogP contribution in [0.1, 0.15) is 12.0 Å². The molecule has 0 spiro atoms. The molecule has 1 aliphatic heterocycles. The summed E-state index contributed by atoms with van der Waals surface area (Å²) in [7, 11) is 0. The molecule has 2 N–H and O–H groups in total. The van der Waals surface area contributed by atoms with Gasteiger partial charge in [-0.05, 0) is 37.6 Å². The second-order valence-electron chi connectivity index (χ2n) is 6.43. The van der Waals surface area contributed by atoms with Crippen molar-refractivity contribution >= 4 is 17.7 Å². The number of nitrogens with one attached hydrogen (secondary N) is 2. The molecular formula is C19H26N6O. The van der Waals surface area contributed by atoms with Crippen LogP contribution in [0, 0.1) is 6.92 Å². The molecule has 0 saturated carbocycles. The molecule has 7 heteroatoms. The Morgan fingerprint density at radius 2 is 1.81 bits per heavy atom. The zero-order valence-corrected chi connectivity index (χ0v) is 15.2. The van der Waals surface area contributed by atoms with E-state index in [1.165, 1.54) is 0 Å². The highest BCUT2D eigenvalue weighted by Crippen LogP contribution is 2.12. The van der Waals surface area contributed by atoms with Gasteiger partial charge in [-0.2, -0.15) is 0 Å². The fraction of sp³-hybridized carbons (Fsp3) is 0.421. The van der Waals surface area contributed by atoms with Crippen LogP contribution in [0.25, 0.3) is 0 Å². The number of aryl methyl sites for hydroxylation is 1. The SMILES string of the molecule is Cc1ccccc1NC(=O)NCCCN1CCN(c2ncccn2)CC1. The minimum absolute atomic E-state index is 0.148. The molecule has 1 saturated heterocycles. The lowest BCUT2D eigenvalue weighted by atomic mass is 10.2. The van der Waals surface area contributed by atoms with Gasteiger partial charge in [0.25, 0.3) is 0 Å². The highest BCUT2D eigenvalue weighted by atomic mass is 16.2. The summed E-state index contributed by atoms with van der Waals surface area (Å²) in [4.78, 5) is 25.2. The fourth-order valence-corrected chi connectivity index (χ4v) is 3.01. The van der Waals surface area contributed by atoms with Crippen molar-refractivity contribution in [2.45, 2.75) is 13.3 Å². The first kappa shape index (κ1) is 18.1. The van der Waals surface area contributed by atoms with E-state index in [1.807, 2.05) is 37.3 Å². The van der Waals surface area contributed by atoms with Gasteiger partial charge in [0.15, 0.2) is 0 Å². The van der Waals surface area contributed by atoms with E-state index < -0.39 is 0 Å². The normalized spacial score (nSPS) is 14.9. The van der Waals surface area contributed by atoms with Gasteiger partial charge < -0.3 is 15.5 Å². The van der Waals surface area contributed by atoms with E-state index in [1.54, 1.807) is 12.4 Å². The van der Waals surface area contributed by atoms with Crippen molar-refractivity contribution in [3.8, 4) is 0 Å². The molecule has 2 heterocycles. The van der Waals surface area contributed by atoms with Crippen LogP contribution in [0.15, 0.2) is 42.7 Å². The lowest BCUT2D eigenvalue weighted by Gasteiger charge is -2.34. The first-order valence-corrected chi connectivity index (χ1v) is 9.07. The monoisotopic (exact) mass is 354 g/mol. The maximum absolute atomic E-state index is 12.0. The number of carbonyl (C=O) groups is 1. The molecule has 2 amide bonds. The maximum atomic E-state index is 12.0. The summed E-state index contributed by atoms with van der Waals surface area (Å²) < 4.78 is 0. The summed E-state index contributed by atoms with van der Waals surface area (Å²) in [5.74, 6) is 0.807. The van der Waals surface area contributed by atoms with Gasteiger partial charge in [0.2, 0.25) is 5.95 Å². The van der Waals surface area contributed by atoms with E-state index in [0.717, 1.165) is 56.3 Å². The molecule has 0 bridgehead atoms. The van der Waals surface area contributed by atoms with Gasteiger partial charge in [-0.15, -0.1) is 0 Å². The number of benzene rings is 1. The van der Waals surface area contributed by atoms with Crippen molar-refractivity contribution in [1.29, 1.82) is 0 Å². The Bertz CT molecular complexity index is 700. The van der Waals surface area contributed by atoms with Crippen LogP contribution in [0.4, 0.5) is 16.4 Å². The summed E-state index contributed by atoms with van der Waals surface area (Å²) in [5, 5.41) is 5.81. The Labute approximate surface area is 154 Å². The Kier molecular flexibility index (Phi) is 6.38. The molecule has 0 aliphatic carbocycles. The zero-order chi connectivity index (χ0) is 18.2. The number of urea groups is 1. The molecule has 1 fully saturated rings. The van der Waals surface area contributed by atoms with Crippen LogP contribution >= 0.6 is 0 Å². The Hall–Kier alpha value is -2.67. The number of aromatic nitrogens is 2. The first-order valence-electron chi connectivity index (χ1n) is 9.07. The molecule has 0 unspecified atom stereocenters. The summed E-state index contributed by atoms with van der Waals surface area (Å²) in [6.45, 7) is 7.49. The number of carbonyl (C=O) groups excluding carboxylic acids is 1. The maximum Gasteiger partial charge on any atom is 0.319 e. The van der Waals surface area contributed by atoms with Crippen molar-refractivity contribution < 1.29 is 4.79 Å². The lowest BCUT2D eigenvalue weighted by molar-refractivity contribution is 0.244. The molecule has 1 aromatic carbocycles. The number of hydrogen-bond donors (Lipinski definition) is 2. The van der Waals surface area contributed by atoms with E-state index in [0.29, 0.717) is 6.54 Å². The number of nitrogens with zero attached hydrogens (tertiary/aromatic N) is 4. The average Bonchev–Trinajstić information content (AvgIpc) is 2.68. The number of hydrogen-bond acceptors (Lipinski definition) is 5. The first-order chi connectivity index (χ1) is 12.7. The molecule has 2 aromatic rings. The van der Waals surface area contributed by atoms with Crippen LogP contribution in [-0.4, -0.2) is 60.2 Å². The van der Waals surface area contributed by atoms with Crippen LogP contribution in [0.3, 0.4) is 0 Å². The molecule has 26 heavy (non-hydrogen) atoms. The van der Waals surface area contributed by atoms with Gasteiger partial charge in [0, 0.05) is 50.8 Å². The van der Waals surface area contributed by atoms with Crippen LogP contribution in [0.5, 0.6) is 0 Å². The molecular weight excluding hydrogens is 328 g/mol. The molecule has 1 aliphatic rings.